The van der Waals surface area contributed by atoms with Crippen LogP contribution in [0, 0.1) is 11.3 Å². The van der Waals surface area contributed by atoms with E-state index in [0.717, 1.165) is 10.9 Å². The maximum atomic E-state index is 10.9. The first-order chi connectivity index (χ1) is 11.2. The van der Waals surface area contributed by atoms with Gasteiger partial charge in [0.1, 0.15) is 11.7 Å². The fourth-order valence-electron chi connectivity index (χ4n) is 2.36. The van der Waals surface area contributed by atoms with Crippen molar-refractivity contribution >= 4 is 23.1 Å². The number of nitrogens with zero attached hydrogens (tertiary/aromatic N) is 4. The molecule has 0 amide bonds. The van der Waals surface area contributed by atoms with Crippen LogP contribution in [-0.4, -0.2) is 20.5 Å². The predicted octanol–water partition coefficient (Wildman–Crippen LogP) is -1.86. The summed E-state index contributed by atoms with van der Waals surface area (Å²) in [4.78, 5) is 19.3. The fourth-order valence-corrected chi connectivity index (χ4v) is 2.36. The van der Waals surface area contributed by atoms with Gasteiger partial charge in [-0.25, -0.2) is 4.98 Å². The van der Waals surface area contributed by atoms with Gasteiger partial charge in [0.05, 0.1) is 11.5 Å². The number of carbonyl (C=O) groups excluding carboxylic acids is 1. The molecular formula is C17H11N4NaO2. The normalized spacial score (nSPS) is 10.9. The van der Waals surface area contributed by atoms with Crippen LogP contribution in [0.4, 0.5) is 0 Å². The molecule has 0 aliphatic rings. The Kier molecular flexibility index (Phi) is 5.88. The van der Waals surface area contributed by atoms with Gasteiger partial charge in [0.25, 0.3) is 0 Å². The third kappa shape index (κ3) is 3.71. The summed E-state index contributed by atoms with van der Waals surface area (Å²) in [6.45, 7) is 0.567. The van der Waals surface area contributed by atoms with E-state index >= 15 is 0 Å². The first kappa shape index (κ1) is 17.9. The van der Waals surface area contributed by atoms with Crippen LogP contribution < -0.4 is 34.7 Å². The van der Waals surface area contributed by atoms with Crippen LogP contribution in [0.3, 0.4) is 0 Å². The minimum atomic E-state index is -1.49. The van der Waals surface area contributed by atoms with Crippen molar-refractivity contribution in [1.82, 2.24) is 14.5 Å². The minimum Gasteiger partial charge on any atom is -0.544 e. The number of hydrogen-bond donors (Lipinski definition) is 0. The molecule has 24 heavy (non-hydrogen) atoms. The number of carboxylic acid groups (broad SMARTS) is 1. The molecule has 0 saturated carbocycles. The molecule has 0 bridgehead atoms. The summed E-state index contributed by atoms with van der Waals surface area (Å²) in [6, 6.07) is 9.02. The van der Waals surface area contributed by atoms with Crippen molar-refractivity contribution in [2.24, 2.45) is 0 Å². The van der Waals surface area contributed by atoms with Gasteiger partial charge in [0.15, 0.2) is 0 Å². The van der Waals surface area contributed by atoms with Gasteiger partial charge in [-0.2, -0.15) is 5.26 Å². The molecule has 3 aromatic rings. The van der Waals surface area contributed by atoms with E-state index in [-0.39, 0.29) is 29.6 Å². The Morgan fingerprint density at radius 1 is 1.29 bits per heavy atom. The van der Waals surface area contributed by atoms with Crippen molar-refractivity contribution in [1.29, 1.82) is 5.26 Å². The Labute approximate surface area is 160 Å². The van der Waals surface area contributed by atoms with Gasteiger partial charge in [0, 0.05) is 42.3 Å². The van der Waals surface area contributed by atoms with E-state index in [0.29, 0.717) is 17.8 Å². The molecule has 0 atom stereocenters. The smallest absolute Gasteiger partial charge is 0.544 e. The Morgan fingerprint density at radius 3 is 2.71 bits per heavy atom. The Balaban J connectivity index is 0.00000208. The van der Waals surface area contributed by atoms with Crippen molar-refractivity contribution in [3.8, 4) is 6.07 Å². The Bertz CT molecular complexity index is 942. The van der Waals surface area contributed by atoms with Gasteiger partial charge in [-0.1, -0.05) is 0 Å². The van der Waals surface area contributed by atoms with Gasteiger partial charge < -0.3 is 14.5 Å². The first-order valence-corrected chi connectivity index (χ1v) is 6.85. The topological polar surface area (TPSA) is 94.6 Å². The van der Waals surface area contributed by atoms with Gasteiger partial charge >= 0.3 is 29.6 Å². The third-order valence-corrected chi connectivity index (χ3v) is 3.41. The molecule has 0 N–H and O–H groups in total. The molecule has 0 saturated heterocycles. The summed E-state index contributed by atoms with van der Waals surface area (Å²) in [6.07, 6.45) is 8.17. The SMILES string of the molecule is N#C/C(=C\c1cn(Cc2ccncc2)c2ncccc12)C(=O)[O-].[Na+]. The molecule has 0 aliphatic carbocycles. The second kappa shape index (κ2) is 7.88. The number of carbonyl (C=O) groups is 1. The molecule has 0 aromatic carbocycles. The zero-order valence-electron chi connectivity index (χ0n) is 13.0. The average Bonchev–Trinajstić information content (AvgIpc) is 2.91. The largest absolute Gasteiger partial charge is 1.00 e. The molecule has 112 valence electrons. The van der Waals surface area contributed by atoms with Gasteiger partial charge in [-0.15, -0.1) is 0 Å². The van der Waals surface area contributed by atoms with Crippen LogP contribution in [0.25, 0.3) is 17.1 Å². The van der Waals surface area contributed by atoms with Crippen molar-refractivity contribution in [3.63, 3.8) is 0 Å². The monoisotopic (exact) mass is 326 g/mol. The van der Waals surface area contributed by atoms with Crippen LogP contribution in [0.5, 0.6) is 0 Å². The second-order valence-corrected chi connectivity index (χ2v) is 4.90. The van der Waals surface area contributed by atoms with E-state index < -0.39 is 11.5 Å². The van der Waals surface area contributed by atoms with Gasteiger partial charge in [0.2, 0.25) is 0 Å². The molecule has 0 spiro atoms. The summed E-state index contributed by atoms with van der Waals surface area (Å²) < 4.78 is 1.90. The molecule has 0 radical (unpaired) electrons. The van der Waals surface area contributed by atoms with Crippen LogP contribution >= 0.6 is 0 Å². The van der Waals surface area contributed by atoms with Crippen LogP contribution in [0.2, 0.25) is 0 Å². The molecule has 3 aromatic heterocycles. The maximum Gasteiger partial charge on any atom is 1.00 e. The van der Waals surface area contributed by atoms with Gasteiger partial charge in [-0.05, 0) is 35.9 Å². The van der Waals surface area contributed by atoms with Crippen molar-refractivity contribution in [2.75, 3.05) is 0 Å². The molecule has 0 aliphatic heterocycles. The molecule has 6 nitrogen and oxygen atoms in total. The van der Waals surface area contributed by atoms with Crippen molar-refractivity contribution in [3.05, 3.63) is 65.8 Å². The number of pyridine rings is 2. The molecule has 0 unspecified atom stereocenters. The van der Waals surface area contributed by atoms with Crippen LogP contribution in [0.15, 0.2) is 54.6 Å². The number of nitriles is 1. The molecule has 3 heterocycles. The Morgan fingerprint density at radius 2 is 2.04 bits per heavy atom. The number of aliphatic carboxylic acids is 1. The summed E-state index contributed by atoms with van der Waals surface area (Å²) in [5.41, 5.74) is 1.95. The van der Waals surface area contributed by atoms with Gasteiger partial charge in [-0.3, -0.25) is 4.98 Å². The fraction of sp³-hybridized carbons (Fsp3) is 0.0588. The zero-order chi connectivity index (χ0) is 16.2. The van der Waals surface area contributed by atoms with Crippen LogP contribution in [0.1, 0.15) is 11.1 Å². The number of fused-ring (bicyclic) bond motifs is 1. The number of hydrogen-bond acceptors (Lipinski definition) is 5. The van der Waals surface area contributed by atoms with Crippen molar-refractivity contribution in [2.45, 2.75) is 6.54 Å². The standard InChI is InChI=1S/C17H12N4O2.Na/c18-9-13(17(22)23)8-14-11-21(10-12-3-6-19-7-4-12)16-15(14)2-1-5-20-16;/h1-8,11H,10H2,(H,22,23);/q;+1/p-1/b13-8+;. The Hall–Kier alpha value is -2.46. The molecule has 3 rings (SSSR count). The number of aromatic nitrogens is 3. The van der Waals surface area contributed by atoms with E-state index in [1.807, 2.05) is 22.8 Å². The maximum absolute atomic E-state index is 10.9. The van der Waals surface area contributed by atoms with Crippen LogP contribution in [-0.2, 0) is 11.3 Å². The minimum absolute atomic E-state index is 0. The van der Waals surface area contributed by atoms with Crippen molar-refractivity contribution < 1.29 is 39.5 Å². The first-order valence-electron chi connectivity index (χ1n) is 6.85. The summed E-state index contributed by atoms with van der Waals surface area (Å²) in [5.74, 6) is -1.49. The molecule has 7 heteroatoms. The zero-order valence-corrected chi connectivity index (χ0v) is 15.0. The summed E-state index contributed by atoms with van der Waals surface area (Å²) in [7, 11) is 0. The number of carboxylic acids is 1. The van der Waals surface area contributed by atoms with E-state index in [1.165, 1.54) is 6.08 Å². The number of rotatable bonds is 4. The summed E-state index contributed by atoms with van der Waals surface area (Å²) in [5, 5.41) is 20.6. The van der Waals surface area contributed by atoms with E-state index in [1.54, 1.807) is 36.9 Å². The average molecular weight is 326 g/mol. The summed E-state index contributed by atoms with van der Waals surface area (Å²) >= 11 is 0. The van der Waals surface area contributed by atoms with E-state index in [9.17, 15) is 9.90 Å². The molecular weight excluding hydrogens is 315 g/mol. The molecule has 0 fully saturated rings. The predicted molar refractivity (Wildman–Crippen MR) is 81.7 cm³/mol. The second-order valence-electron chi connectivity index (χ2n) is 4.90. The quantitative estimate of drug-likeness (QED) is 0.318. The van der Waals surface area contributed by atoms with E-state index in [2.05, 4.69) is 9.97 Å². The third-order valence-electron chi connectivity index (χ3n) is 3.41. The van der Waals surface area contributed by atoms with E-state index in [4.69, 9.17) is 5.26 Å².